The minimum absolute atomic E-state index is 0.0324. The standard InChI is InChI=1S/C17H21N3O3/c1-11(2)15-14(10-20(3)19-15)16(21)18-9-13(17(22)23)12-7-5-4-6-8-12/h4-8,10-11,13H,9H2,1-3H3,(H,18,21)(H,22,23). The molecule has 2 rings (SSSR count). The SMILES string of the molecule is CC(C)c1nn(C)cc1C(=O)NCC(C(=O)O)c1ccccc1. The molecule has 0 aliphatic rings. The van der Waals surface area contributed by atoms with Crippen LogP contribution in [-0.4, -0.2) is 33.3 Å². The summed E-state index contributed by atoms with van der Waals surface area (Å²) in [6.07, 6.45) is 1.66. The summed E-state index contributed by atoms with van der Waals surface area (Å²) >= 11 is 0. The molecule has 1 aromatic heterocycles. The van der Waals surface area contributed by atoms with Crippen LogP contribution in [0.1, 0.15) is 47.3 Å². The number of carbonyl (C=O) groups is 2. The number of benzene rings is 1. The summed E-state index contributed by atoms with van der Waals surface area (Å²) in [4.78, 5) is 23.8. The number of nitrogens with zero attached hydrogens (tertiary/aromatic N) is 2. The molecule has 6 heteroatoms. The van der Waals surface area contributed by atoms with Crippen LogP contribution in [-0.2, 0) is 11.8 Å². The molecule has 0 saturated carbocycles. The second-order valence-electron chi connectivity index (χ2n) is 5.77. The fourth-order valence-corrected chi connectivity index (χ4v) is 2.43. The number of aliphatic carboxylic acids is 1. The molecule has 0 radical (unpaired) electrons. The first kappa shape index (κ1) is 16.7. The zero-order valence-corrected chi connectivity index (χ0v) is 13.5. The molecule has 0 aliphatic heterocycles. The van der Waals surface area contributed by atoms with E-state index in [1.807, 2.05) is 19.9 Å². The lowest BCUT2D eigenvalue weighted by atomic mass is 9.99. The lowest BCUT2D eigenvalue weighted by Gasteiger charge is -2.14. The highest BCUT2D eigenvalue weighted by molar-refractivity contribution is 5.95. The van der Waals surface area contributed by atoms with Gasteiger partial charge in [-0.3, -0.25) is 14.3 Å². The zero-order chi connectivity index (χ0) is 17.0. The minimum Gasteiger partial charge on any atom is -0.481 e. The van der Waals surface area contributed by atoms with E-state index in [0.717, 1.165) is 0 Å². The highest BCUT2D eigenvalue weighted by Crippen LogP contribution is 2.18. The maximum Gasteiger partial charge on any atom is 0.312 e. The van der Waals surface area contributed by atoms with Gasteiger partial charge in [-0.1, -0.05) is 44.2 Å². The van der Waals surface area contributed by atoms with Crippen molar-refractivity contribution in [3.05, 3.63) is 53.3 Å². The summed E-state index contributed by atoms with van der Waals surface area (Å²) in [6.45, 7) is 3.96. The number of carbonyl (C=O) groups excluding carboxylic acids is 1. The van der Waals surface area contributed by atoms with Crippen molar-refractivity contribution >= 4 is 11.9 Å². The Morgan fingerprint density at radius 1 is 1.26 bits per heavy atom. The molecule has 0 saturated heterocycles. The van der Waals surface area contributed by atoms with E-state index < -0.39 is 11.9 Å². The molecule has 1 heterocycles. The third kappa shape index (κ3) is 3.97. The number of hydrogen-bond acceptors (Lipinski definition) is 3. The number of aryl methyl sites for hydroxylation is 1. The molecule has 23 heavy (non-hydrogen) atoms. The van der Waals surface area contributed by atoms with Crippen molar-refractivity contribution in [2.75, 3.05) is 6.54 Å². The van der Waals surface area contributed by atoms with Crippen LogP contribution in [0.15, 0.2) is 36.5 Å². The summed E-state index contributed by atoms with van der Waals surface area (Å²) in [7, 11) is 1.76. The van der Waals surface area contributed by atoms with Crippen molar-refractivity contribution in [2.45, 2.75) is 25.7 Å². The summed E-state index contributed by atoms with van der Waals surface area (Å²) < 4.78 is 1.59. The van der Waals surface area contributed by atoms with Gasteiger partial charge in [0.15, 0.2) is 0 Å². The third-order valence-electron chi connectivity index (χ3n) is 3.62. The van der Waals surface area contributed by atoms with Crippen LogP contribution < -0.4 is 5.32 Å². The predicted molar refractivity (Wildman–Crippen MR) is 86.4 cm³/mol. The van der Waals surface area contributed by atoms with E-state index in [0.29, 0.717) is 16.8 Å². The van der Waals surface area contributed by atoms with Gasteiger partial charge < -0.3 is 10.4 Å². The fourth-order valence-electron chi connectivity index (χ4n) is 2.43. The second-order valence-corrected chi connectivity index (χ2v) is 5.77. The smallest absolute Gasteiger partial charge is 0.312 e. The highest BCUT2D eigenvalue weighted by atomic mass is 16.4. The molecule has 0 bridgehead atoms. The van der Waals surface area contributed by atoms with E-state index in [-0.39, 0.29) is 18.4 Å². The normalized spacial score (nSPS) is 12.2. The van der Waals surface area contributed by atoms with E-state index in [4.69, 9.17) is 0 Å². The first-order valence-electron chi connectivity index (χ1n) is 7.49. The number of aromatic nitrogens is 2. The summed E-state index contributed by atoms with van der Waals surface area (Å²) in [5, 5.41) is 16.4. The van der Waals surface area contributed by atoms with Crippen LogP contribution in [0.2, 0.25) is 0 Å². The lowest BCUT2D eigenvalue weighted by Crippen LogP contribution is -2.32. The van der Waals surface area contributed by atoms with Gasteiger partial charge in [0.2, 0.25) is 0 Å². The molecular weight excluding hydrogens is 294 g/mol. The Hall–Kier alpha value is -2.63. The quantitative estimate of drug-likeness (QED) is 0.855. The molecular formula is C17H21N3O3. The van der Waals surface area contributed by atoms with E-state index in [9.17, 15) is 14.7 Å². The Morgan fingerprint density at radius 2 is 1.91 bits per heavy atom. The summed E-state index contributed by atoms with van der Waals surface area (Å²) in [5.41, 5.74) is 1.85. The highest BCUT2D eigenvalue weighted by Gasteiger charge is 2.23. The average molecular weight is 315 g/mol. The number of nitrogens with one attached hydrogen (secondary N) is 1. The first-order valence-corrected chi connectivity index (χ1v) is 7.49. The summed E-state index contributed by atoms with van der Waals surface area (Å²) in [6, 6.07) is 8.88. The molecule has 1 unspecified atom stereocenters. The van der Waals surface area contributed by atoms with E-state index in [2.05, 4.69) is 10.4 Å². The minimum atomic E-state index is -0.966. The van der Waals surface area contributed by atoms with Crippen molar-refractivity contribution in [1.29, 1.82) is 0 Å². The maximum atomic E-state index is 12.4. The van der Waals surface area contributed by atoms with Gasteiger partial charge in [0.1, 0.15) is 0 Å². The zero-order valence-electron chi connectivity index (χ0n) is 13.5. The number of amides is 1. The lowest BCUT2D eigenvalue weighted by molar-refractivity contribution is -0.138. The Kier molecular flexibility index (Phi) is 5.16. The van der Waals surface area contributed by atoms with Crippen LogP contribution in [0.5, 0.6) is 0 Å². The molecule has 1 aromatic carbocycles. The van der Waals surface area contributed by atoms with Crippen molar-refractivity contribution in [1.82, 2.24) is 15.1 Å². The van der Waals surface area contributed by atoms with Gasteiger partial charge in [0.05, 0.1) is 17.2 Å². The monoisotopic (exact) mass is 315 g/mol. The maximum absolute atomic E-state index is 12.4. The largest absolute Gasteiger partial charge is 0.481 e. The molecule has 1 atom stereocenters. The molecule has 0 aliphatic carbocycles. The van der Waals surface area contributed by atoms with Crippen LogP contribution >= 0.6 is 0 Å². The Morgan fingerprint density at radius 3 is 2.48 bits per heavy atom. The molecule has 0 spiro atoms. The number of carboxylic acid groups (broad SMARTS) is 1. The Bertz CT molecular complexity index is 692. The molecule has 122 valence electrons. The summed E-state index contributed by atoms with van der Waals surface area (Å²) in [5.74, 6) is -1.93. The molecule has 1 amide bonds. The van der Waals surface area contributed by atoms with Crippen molar-refractivity contribution < 1.29 is 14.7 Å². The van der Waals surface area contributed by atoms with E-state index in [1.165, 1.54) is 0 Å². The molecule has 2 aromatic rings. The van der Waals surface area contributed by atoms with Crippen molar-refractivity contribution in [2.24, 2.45) is 7.05 Å². The molecule has 0 fully saturated rings. The van der Waals surface area contributed by atoms with Gasteiger partial charge in [0, 0.05) is 19.8 Å². The number of rotatable bonds is 6. The van der Waals surface area contributed by atoms with Crippen LogP contribution in [0.3, 0.4) is 0 Å². The van der Waals surface area contributed by atoms with Crippen molar-refractivity contribution in [3.63, 3.8) is 0 Å². The molecule has 2 N–H and O–H groups in total. The van der Waals surface area contributed by atoms with Gasteiger partial charge in [-0.15, -0.1) is 0 Å². The second kappa shape index (κ2) is 7.09. The van der Waals surface area contributed by atoms with Gasteiger partial charge in [-0.25, -0.2) is 0 Å². The fraction of sp³-hybridized carbons (Fsp3) is 0.353. The van der Waals surface area contributed by atoms with Gasteiger partial charge in [-0.05, 0) is 11.5 Å². The van der Waals surface area contributed by atoms with Gasteiger partial charge in [0.25, 0.3) is 5.91 Å². The third-order valence-corrected chi connectivity index (χ3v) is 3.62. The van der Waals surface area contributed by atoms with Crippen LogP contribution in [0.4, 0.5) is 0 Å². The Labute approximate surface area is 135 Å². The van der Waals surface area contributed by atoms with Crippen LogP contribution in [0, 0.1) is 0 Å². The first-order chi connectivity index (χ1) is 10.9. The van der Waals surface area contributed by atoms with Gasteiger partial charge >= 0.3 is 5.97 Å². The van der Waals surface area contributed by atoms with E-state index >= 15 is 0 Å². The van der Waals surface area contributed by atoms with E-state index in [1.54, 1.807) is 42.2 Å². The average Bonchev–Trinajstić information content (AvgIpc) is 2.90. The van der Waals surface area contributed by atoms with Gasteiger partial charge in [-0.2, -0.15) is 5.10 Å². The predicted octanol–water partition coefficient (Wildman–Crippen LogP) is 2.14. The topological polar surface area (TPSA) is 84.2 Å². The Balaban J connectivity index is 2.13. The number of hydrogen-bond donors (Lipinski definition) is 2. The number of carboxylic acids is 1. The van der Waals surface area contributed by atoms with Crippen LogP contribution in [0.25, 0.3) is 0 Å². The van der Waals surface area contributed by atoms with Crippen molar-refractivity contribution in [3.8, 4) is 0 Å². The molecule has 6 nitrogen and oxygen atoms in total.